The number of rotatable bonds is 1. The van der Waals surface area contributed by atoms with Gasteiger partial charge in [0.2, 0.25) is 0 Å². The summed E-state index contributed by atoms with van der Waals surface area (Å²) in [6.45, 7) is 0. The molecule has 1 aromatic heterocycles. The van der Waals surface area contributed by atoms with Gasteiger partial charge in [-0.3, -0.25) is 4.68 Å². The minimum absolute atomic E-state index is 0.832. The van der Waals surface area contributed by atoms with Crippen molar-refractivity contribution < 1.29 is 4.74 Å². The van der Waals surface area contributed by atoms with E-state index in [4.69, 9.17) is 4.74 Å². The van der Waals surface area contributed by atoms with E-state index in [1.165, 1.54) is 0 Å². The molecule has 0 unspecified atom stereocenters. The molecule has 0 amide bonds. The standard InChI is InChI=1S/C9H9BrN2O/c1-12-9(10)7-4-3-6(13-2)5-8(7)11-12/h3-5H,1-2H3. The van der Waals surface area contributed by atoms with Crippen LogP contribution in [0.3, 0.4) is 0 Å². The summed E-state index contributed by atoms with van der Waals surface area (Å²) in [5, 5.41) is 5.41. The van der Waals surface area contributed by atoms with Crippen LogP contribution in [0.25, 0.3) is 10.9 Å². The van der Waals surface area contributed by atoms with Gasteiger partial charge in [0.25, 0.3) is 0 Å². The molecule has 0 aliphatic rings. The highest BCUT2D eigenvalue weighted by Crippen LogP contribution is 2.26. The molecule has 2 rings (SSSR count). The normalized spacial score (nSPS) is 10.7. The maximum atomic E-state index is 5.11. The van der Waals surface area contributed by atoms with E-state index < -0.39 is 0 Å². The smallest absolute Gasteiger partial charge is 0.121 e. The predicted octanol–water partition coefficient (Wildman–Crippen LogP) is 2.34. The highest BCUT2D eigenvalue weighted by atomic mass is 79.9. The largest absolute Gasteiger partial charge is 0.497 e. The Balaban J connectivity index is 2.73. The number of aryl methyl sites for hydroxylation is 1. The molecule has 0 aliphatic carbocycles. The molecule has 4 heteroatoms. The number of ether oxygens (including phenoxy) is 1. The van der Waals surface area contributed by atoms with Crippen LogP contribution in [-0.2, 0) is 7.05 Å². The highest BCUT2D eigenvalue weighted by molar-refractivity contribution is 9.10. The van der Waals surface area contributed by atoms with Gasteiger partial charge in [-0.05, 0) is 28.1 Å². The van der Waals surface area contributed by atoms with Crippen LogP contribution in [0, 0.1) is 0 Å². The van der Waals surface area contributed by atoms with Gasteiger partial charge < -0.3 is 4.74 Å². The molecule has 13 heavy (non-hydrogen) atoms. The first-order valence-electron chi connectivity index (χ1n) is 3.88. The van der Waals surface area contributed by atoms with Gasteiger partial charge in [0, 0.05) is 18.5 Å². The summed E-state index contributed by atoms with van der Waals surface area (Å²) >= 11 is 3.46. The first-order chi connectivity index (χ1) is 6.22. The van der Waals surface area contributed by atoms with E-state index in [2.05, 4.69) is 21.0 Å². The highest BCUT2D eigenvalue weighted by Gasteiger charge is 2.05. The van der Waals surface area contributed by atoms with Gasteiger partial charge in [0.1, 0.15) is 10.4 Å². The summed E-state index contributed by atoms with van der Waals surface area (Å²) < 4.78 is 7.89. The molecule has 0 radical (unpaired) electrons. The Morgan fingerprint density at radius 3 is 2.92 bits per heavy atom. The van der Waals surface area contributed by atoms with Crippen LogP contribution in [0.2, 0.25) is 0 Å². The van der Waals surface area contributed by atoms with Crippen LogP contribution in [-0.4, -0.2) is 16.9 Å². The van der Waals surface area contributed by atoms with Crippen LogP contribution in [0.5, 0.6) is 5.75 Å². The van der Waals surface area contributed by atoms with Gasteiger partial charge in [0.15, 0.2) is 0 Å². The fraction of sp³-hybridized carbons (Fsp3) is 0.222. The molecule has 1 heterocycles. The fourth-order valence-corrected chi connectivity index (χ4v) is 1.69. The quantitative estimate of drug-likeness (QED) is 0.766. The zero-order chi connectivity index (χ0) is 9.42. The SMILES string of the molecule is COc1ccc2c(Br)n(C)nc2c1. The summed E-state index contributed by atoms with van der Waals surface area (Å²) in [5.74, 6) is 0.832. The van der Waals surface area contributed by atoms with E-state index in [0.29, 0.717) is 0 Å². The zero-order valence-electron chi connectivity index (χ0n) is 7.41. The number of halogens is 1. The van der Waals surface area contributed by atoms with Gasteiger partial charge in [-0.25, -0.2) is 0 Å². The molecular weight excluding hydrogens is 232 g/mol. The molecule has 0 bridgehead atoms. The average Bonchev–Trinajstić information content (AvgIpc) is 2.42. The number of fused-ring (bicyclic) bond motifs is 1. The maximum Gasteiger partial charge on any atom is 0.121 e. The van der Waals surface area contributed by atoms with Gasteiger partial charge >= 0.3 is 0 Å². The number of hydrogen-bond donors (Lipinski definition) is 0. The molecule has 0 saturated carbocycles. The molecule has 1 aromatic carbocycles. The number of hydrogen-bond acceptors (Lipinski definition) is 2. The summed E-state index contributed by atoms with van der Waals surface area (Å²) in [6.07, 6.45) is 0. The lowest BCUT2D eigenvalue weighted by Crippen LogP contribution is -1.88. The van der Waals surface area contributed by atoms with Crippen LogP contribution in [0.15, 0.2) is 22.8 Å². The third-order valence-corrected chi connectivity index (χ3v) is 2.91. The topological polar surface area (TPSA) is 27.1 Å². The Hall–Kier alpha value is -1.03. The lowest BCUT2D eigenvalue weighted by Gasteiger charge is -1.96. The Morgan fingerprint density at radius 1 is 1.46 bits per heavy atom. The zero-order valence-corrected chi connectivity index (χ0v) is 9.00. The minimum Gasteiger partial charge on any atom is -0.497 e. The minimum atomic E-state index is 0.832. The number of benzene rings is 1. The van der Waals surface area contributed by atoms with Gasteiger partial charge in [-0.1, -0.05) is 0 Å². The molecular formula is C9H9BrN2O. The van der Waals surface area contributed by atoms with Crippen molar-refractivity contribution >= 4 is 26.8 Å². The molecule has 0 N–H and O–H groups in total. The maximum absolute atomic E-state index is 5.11. The van der Waals surface area contributed by atoms with E-state index in [0.717, 1.165) is 21.3 Å². The van der Waals surface area contributed by atoms with E-state index in [1.807, 2.05) is 25.2 Å². The van der Waals surface area contributed by atoms with Crippen molar-refractivity contribution in [1.82, 2.24) is 9.78 Å². The second-order valence-electron chi connectivity index (χ2n) is 2.80. The Labute approximate surface area is 84.4 Å². The fourth-order valence-electron chi connectivity index (χ4n) is 1.28. The van der Waals surface area contributed by atoms with E-state index in [-0.39, 0.29) is 0 Å². The Morgan fingerprint density at radius 2 is 2.23 bits per heavy atom. The van der Waals surface area contributed by atoms with Crippen LogP contribution in [0.1, 0.15) is 0 Å². The molecule has 3 nitrogen and oxygen atoms in total. The van der Waals surface area contributed by atoms with Crippen molar-refractivity contribution in [3.05, 3.63) is 22.8 Å². The molecule has 68 valence electrons. The van der Waals surface area contributed by atoms with Crippen molar-refractivity contribution in [2.24, 2.45) is 7.05 Å². The van der Waals surface area contributed by atoms with Gasteiger partial charge in [0.05, 0.1) is 12.6 Å². The molecule has 0 spiro atoms. The van der Waals surface area contributed by atoms with Crippen molar-refractivity contribution in [3.8, 4) is 5.75 Å². The van der Waals surface area contributed by atoms with Gasteiger partial charge in [-0.15, -0.1) is 0 Å². The monoisotopic (exact) mass is 240 g/mol. The predicted molar refractivity (Wildman–Crippen MR) is 55.0 cm³/mol. The second-order valence-corrected chi connectivity index (χ2v) is 3.55. The van der Waals surface area contributed by atoms with Crippen molar-refractivity contribution in [2.45, 2.75) is 0 Å². The van der Waals surface area contributed by atoms with Crippen LogP contribution in [0.4, 0.5) is 0 Å². The van der Waals surface area contributed by atoms with Crippen LogP contribution < -0.4 is 4.74 Å². The number of aromatic nitrogens is 2. The van der Waals surface area contributed by atoms with Crippen molar-refractivity contribution in [1.29, 1.82) is 0 Å². The molecule has 0 saturated heterocycles. The molecule has 0 atom stereocenters. The molecule has 0 fully saturated rings. The first-order valence-corrected chi connectivity index (χ1v) is 4.68. The molecule has 2 aromatic rings. The van der Waals surface area contributed by atoms with Gasteiger partial charge in [-0.2, -0.15) is 5.10 Å². The number of nitrogens with zero attached hydrogens (tertiary/aromatic N) is 2. The average molecular weight is 241 g/mol. The number of methoxy groups -OCH3 is 1. The third kappa shape index (κ3) is 1.31. The van der Waals surface area contributed by atoms with E-state index >= 15 is 0 Å². The molecule has 0 aliphatic heterocycles. The summed E-state index contributed by atoms with van der Waals surface area (Å²) in [6, 6.07) is 5.83. The lowest BCUT2D eigenvalue weighted by atomic mass is 10.2. The third-order valence-electron chi connectivity index (χ3n) is 1.97. The second kappa shape index (κ2) is 3.03. The van der Waals surface area contributed by atoms with Crippen LogP contribution >= 0.6 is 15.9 Å². The van der Waals surface area contributed by atoms with E-state index in [9.17, 15) is 0 Å². The summed E-state index contributed by atoms with van der Waals surface area (Å²) in [5.41, 5.74) is 0.939. The van der Waals surface area contributed by atoms with Crippen molar-refractivity contribution in [2.75, 3.05) is 7.11 Å². The first kappa shape index (κ1) is 8.56. The Bertz CT molecular complexity index is 450. The van der Waals surface area contributed by atoms with E-state index in [1.54, 1.807) is 11.8 Å². The van der Waals surface area contributed by atoms with Crippen molar-refractivity contribution in [3.63, 3.8) is 0 Å². The Kier molecular flexibility index (Phi) is 2.00. The lowest BCUT2D eigenvalue weighted by molar-refractivity contribution is 0.415. The summed E-state index contributed by atoms with van der Waals surface area (Å²) in [4.78, 5) is 0. The summed E-state index contributed by atoms with van der Waals surface area (Å²) in [7, 11) is 3.55.